The van der Waals surface area contributed by atoms with E-state index in [1.54, 1.807) is 0 Å². The van der Waals surface area contributed by atoms with Crippen LogP contribution in [0.2, 0.25) is 0 Å². The van der Waals surface area contributed by atoms with Gasteiger partial charge in [-0.2, -0.15) is 61.5 Å². The van der Waals surface area contributed by atoms with E-state index in [-0.39, 0.29) is 0 Å². The van der Waals surface area contributed by atoms with Crippen molar-refractivity contribution >= 4 is 15.9 Å². The fourth-order valence-corrected chi connectivity index (χ4v) is 1.28. The summed E-state index contributed by atoms with van der Waals surface area (Å²) in [5, 5.41) is 0. The van der Waals surface area contributed by atoms with Crippen LogP contribution >= 0.6 is 15.9 Å². The smallest absolute Gasteiger partial charge is 0.201 e. The molecular formula is C8BrF15. The molecule has 0 nitrogen and oxygen atoms in total. The zero-order chi connectivity index (χ0) is 20.2. The molecule has 0 atom stereocenters. The van der Waals surface area contributed by atoms with Crippen molar-refractivity contribution in [2.45, 2.75) is 35.8 Å². The molecule has 0 aromatic carbocycles. The molecule has 0 aromatic heterocycles. The quantitative estimate of drug-likeness (QED) is 0.427. The van der Waals surface area contributed by atoms with Crippen LogP contribution in [-0.4, -0.2) is 35.8 Å². The summed E-state index contributed by atoms with van der Waals surface area (Å²) in [6.07, 6.45) is -7.57. The van der Waals surface area contributed by atoms with Crippen LogP contribution in [0.3, 0.4) is 0 Å². The number of hydrogen-bond acceptors (Lipinski definition) is 0. The summed E-state index contributed by atoms with van der Waals surface area (Å²) in [5.41, 5.74) is 0. The maximum Gasteiger partial charge on any atom is 0.460 e. The van der Waals surface area contributed by atoms with E-state index in [9.17, 15) is 65.9 Å². The van der Waals surface area contributed by atoms with Gasteiger partial charge < -0.3 is 0 Å². The van der Waals surface area contributed by atoms with E-state index in [1.165, 1.54) is 0 Å². The van der Waals surface area contributed by atoms with Crippen molar-refractivity contribution in [1.82, 2.24) is 0 Å². The van der Waals surface area contributed by atoms with Gasteiger partial charge in [0.2, 0.25) is 10.6 Å². The molecule has 144 valence electrons. The summed E-state index contributed by atoms with van der Waals surface area (Å²) < 4.78 is 184. The molecule has 0 saturated carbocycles. The second kappa shape index (κ2) is 5.86. The van der Waals surface area contributed by atoms with Gasteiger partial charge in [-0.25, -0.2) is 4.39 Å². The minimum atomic E-state index is -8.16. The third kappa shape index (κ3) is 2.94. The highest BCUT2D eigenvalue weighted by Gasteiger charge is 2.91. The van der Waals surface area contributed by atoms with Crippen molar-refractivity contribution in [3.8, 4) is 0 Å². The van der Waals surface area contributed by atoms with Crippen LogP contribution in [0, 0.1) is 0 Å². The molecule has 0 rings (SSSR count). The molecule has 0 radical (unpaired) electrons. The highest BCUT2D eigenvalue weighted by Crippen LogP contribution is 2.61. The van der Waals surface area contributed by atoms with Gasteiger partial charge in [0.05, 0.1) is 0 Å². The normalized spacial score (nSPS) is 17.0. The fraction of sp³-hybridized carbons (Fsp3) is 0.750. The maximum atomic E-state index is 12.9. The number of halogens is 16. The summed E-state index contributed by atoms with van der Waals surface area (Å²) in [6, 6.07) is 0. The minimum Gasteiger partial charge on any atom is -0.201 e. The highest BCUT2D eigenvalue weighted by atomic mass is 79.9. The van der Waals surface area contributed by atoms with E-state index in [0.29, 0.717) is 0 Å². The zero-order valence-electron chi connectivity index (χ0n) is 10.0. The summed E-state index contributed by atoms with van der Waals surface area (Å²) in [7, 11) is 0. The summed E-state index contributed by atoms with van der Waals surface area (Å²) >= 11 is 1.12. The molecule has 0 aliphatic rings. The molecule has 0 N–H and O–H groups in total. The molecule has 0 fully saturated rings. The molecule has 0 saturated heterocycles. The first kappa shape index (κ1) is 23.2. The average Bonchev–Trinajstić information content (AvgIpc) is 2.35. The average molecular weight is 461 g/mol. The Labute approximate surface area is 129 Å². The molecule has 0 aliphatic heterocycles. The lowest BCUT2D eigenvalue weighted by Crippen LogP contribution is -2.70. The van der Waals surface area contributed by atoms with Crippen LogP contribution in [0.15, 0.2) is 10.6 Å². The summed E-state index contributed by atoms with van der Waals surface area (Å²) in [4.78, 5) is 0. The Kier molecular flexibility index (Phi) is 5.66. The van der Waals surface area contributed by atoms with Gasteiger partial charge in [-0.3, -0.25) is 0 Å². The Morgan fingerprint density at radius 2 is 0.792 bits per heavy atom. The fourth-order valence-electron chi connectivity index (χ4n) is 1.03. The third-order valence-electron chi connectivity index (χ3n) is 2.37. The predicted molar refractivity (Wildman–Crippen MR) is 49.0 cm³/mol. The standard InChI is InChI=1S/C8BrF15/c9-2(11)1(10)3(12,13)4(14,15)5(16,17)6(18,19)7(20,21)8(22,23)24. The largest absolute Gasteiger partial charge is 0.460 e. The van der Waals surface area contributed by atoms with Gasteiger partial charge in [0.25, 0.3) is 0 Å². The molecule has 0 aliphatic carbocycles. The molecule has 16 heteroatoms. The number of hydrogen-bond donors (Lipinski definition) is 0. The van der Waals surface area contributed by atoms with E-state index < -0.39 is 46.4 Å². The van der Waals surface area contributed by atoms with Crippen molar-refractivity contribution in [2.75, 3.05) is 0 Å². The van der Waals surface area contributed by atoms with Crippen molar-refractivity contribution < 1.29 is 65.9 Å². The minimum absolute atomic E-state index is 1.12. The third-order valence-corrected chi connectivity index (χ3v) is 2.72. The lowest BCUT2D eigenvalue weighted by molar-refractivity contribution is -0.437. The number of allylic oxidation sites excluding steroid dienone is 1. The Morgan fingerprint density at radius 3 is 1.04 bits per heavy atom. The van der Waals surface area contributed by atoms with Crippen LogP contribution in [-0.2, 0) is 0 Å². The van der Waals surface area contributed by atoms with Crippen molar-refractivity contribution in [3.63, 3.8) is 0 Å². The zero-order valence-corrected chi connectivity index (χ0v) is 11.6. The molecular weight excluding hydrogens is 461 g/mol. The van der Waals surface area contributed by atoms with Crippen molar-refractivity contribution in [3.05, 3.63) is 10.6 Å². The highest BCUT2D eigenvalue weighted by molar-refractivity contribution is 9.11. The van der Waals surface area contributed by atoms with E-state index in [2.05, 4.69) is 0 Å². The van der Waals surface area contributed by atoms with Gasteiger partial charge in [0, 0.05) is 0 Å². The topological polar surface area (TPSA) is 0 Å². The van der Waals surface area contributed by atoms with Gasteiger partial charge in [0.1, 0.15) is 0 Å². The lowest BCUT2D eigenvalue weighted by atomic mass is 9.93. The Hall–Kier alpha value is -0.830. The molecule has 0 spiro atoms. The van der Waals surface area contributed by atoms with Crippen molar-refractivity contribution in [2.24, 2.45) is 0 Å². The monoisotopic (exact) mass is 460 g/mol. The Bertz CT molecular complexity index is 508. The SMILES string of the molecule is FC(Br)=C(F)C(F)(F)C(F)(F)C(F)(F)C(F)(F)C(F)(F)C(F)(F)F. The number of rotatable bonds is 5. The maximum absolute atomic E-state index is 12.9. The van der Waals surface area contributed by atoms with E-state index in [1.807, 2.05) is 0 Å². The predicted octanol–water partition coefficient (Wildman–Crippen LogP) is 6.23. The molecule has 0 aromatic rings. The van der Waals surface area contributed by atoms with Gasteiger partial charge >= 0.3 is 35.8 Å². The van der Waals surface area contributed by atoms with Crippen LogP contribution < -0.4 is 0 Å². The van der Waals surface area contributed by atoms with Crippen LogP contribution in [0.25, 0.3) is 0 Å². The lowest BCUT2D eigenvalue weighted by Gasteiger charge is -2.39. The second-order valence-electron chi connectivity index (χ2n) is 3.94. The summed E-state index contributed by atoms with van der Waals surface area (Å²) in [6.45, 7) is 0. The van der Waals surface area contributed by atoms with Gasteiger partial charge in [-0.05, 0) is 15.9 Å². The number of alkyl halides is 13. The van der Waals surface area contributed by atoms with E-state index in [4.69, 9.17) is 0 Å². The first-order chi connectivity index (χ1) is 10.1. The molecule has 0 bridgehead atoms. The van der Waals surface area contributed by atoms with E-state index in [0.717, 1.165) is 15.9 Å². The van der Waals surface area contributed by atoms with Gasteiger partial charge in [-0.15, -0.1) is 0 Å². The molecule has 0 heterocycles. The van der Waals surface area contributed by atoms with Crippen LogP contribution in [0.1, 0.15) is 0 Å². The van der Waals surface area contributed by atoms with Crippen LogP contribution in [0.4, 0.5) is 65.9 Å². The van der Waals surface area contributed by atoms with Crippen molar-refractivity contribution in [1.29, 1.82) is 0 Å². The Balaban J connectivity index is 6.47. The van der Waals surface area contributed by atoms with Crippen LogP contribution in [0.5, 0.6) is 0 Å². The molecule has 24 heavy (non-hydrogen) atoms. The van der Waals surface area contributed by atoms with Gasteiger partial charge in [-0.1, -0.05) is 0 Å². The summed E-state index contributed by atoms with van der Waals surface area (Å²) in [5.74, 6) is -43.5. The molecule has 0 unspecified atom stereocenters. The first-order valence-corrected chi connectivity index (χ1v) is 5.57. The first-order valence-electron chi connectivity index (χ1n) is 4.77. The van der Waals surface area contributed by atoms with E-state index >= 15 is 0 Å². The van der Waals surface area contributed by atoms with Gasteiger partial charge in [0.15, 0.2) is 0 Å². The Morgan fingerprint density at radius 1 is 0.500 bits per heavy atom. The second-order valence-corrected chi connectivity index (χ2v) is 4.64. The molecule has 0 amide bonds.